The normalized spacial score (nSPS) is 15.4. The molecular weight excluding hydrogens is 219 g/mol. The Morgan fingerprint density at radius 3 is 2.50 bits per heavy atom. The fourth-order valence-electron chi connectivity index (χ4n) is 0.615. The Kier molecular flexibility index (Phi) is 9.47. The zero-order chi connectivity index (χ0) is 10.5. The first-order chi connectivity index (χ1) is 5.85. The number of rotatable bonds is 6. The monoisotopic (exact) mass is 232 g/mol. The Hall–Kier alpha value is 0.570. The third-order valence-corrected chi connectivity index (χ3v) is 2.07. The topological polar surface area (TPSA) is 86.7 Å². The second-order valence-electron chi connectivity index (χ2n) is 2.65. The summed E-state index contributed by atoms with van der Waals surface area (Å²) in [5.74, 6) is -0.823. The molecule has 0 fully saturated rings. The molecule has 2 unspecified atom stereocenters. The molecule has 1 N–H and O–H groups in total. The van der Waals surface area contributed by atoms with Gasteiger partial charge in [-0.25, -0.2) is 8.42 Å². The van der Waals surface area contributed by atoms with Crippen molar-refractivity contribution in [2.45, 2.75) is 19.1 Å². The summed E-state index contributed by atoms with van der Waals surface area (Å²) in [5, 5.41) is 8.99. The van der Waals surface area contributed by atoms with Crippen molar-refractivity contribution in [2.24, 2.45) is 0 Å². The second kappa shape index (κ2) is 7.81. The summed E-state index contributed by atoms with van der Waals surface area (Å²) < 4.78 is 35.4. The maximum atomic E-state index is 10.2. The molecule has 0 bridgehead atoms. The second-order valence-corrected chi connectivity index (χ2v) is 4.10. The van der Waals surface area contributed by atoms with Gasteiger partial charge in [-0.3, -0.25) is 0 Å². The van der Waals surface area contributed by atoms with E-state index in [1.165, 1.54) is 6.08 Å². The Morgan fingerprint density at radius 2 is 2.14 bits per heavy atom. The van der Waals surface area contributed by atoms with Crippen LogP contribution in [0.4, 0.5) is 0 Å². The molecule has 0 rings (SSSR count). The van der Waals surface area contributed by atoms with E-state index in [1.807, 2.05) is 0 Å². The molecule has 0 heterocycles. The van der Waals surface area contributed by atoms with Gasteiger partial charge < -0.3 is 14.4 Å². The average Bonchev–Trinajstić information content (AvgIpc) is 1.97. The van der Waals surface area contributed by atoms with Crippen LogP contribution in [0.25, 0.3) is 0 Å². The summed E-state index contributed by atoms with van der Waals surface area (Å²) in [6.07, 6.45) is -0.0489. The minimum atomic E-state index is -4.38. The Labute approximate surface area is 106 Å². The predicted octanol–water partition coefficient (Wildman–Crippen LogP) is -3.51. The zero-order valence-corrected chi connectivity index (χ0v) is 11.2. The van der Waals surface area contributed by atoms with Gasteiger partial charge in [0.1, 0.15) is 0 Å². The minimum absolute atomic E-state index is 0. The molecule has 0 saturated heterocycles. The van der Waals surface area contributed by atoms with Crippen molar-refractivity contribution < 1.29 is 52.4 Å². The average molecular weight is 232 g/mol. The van der Waals surface area contributed by atoms with Gasteiger partial charge >= 0.3 is 29.6 Å². The van der Waals surface area contributed by atoms with Gasteiger partial charge in [0, 0.05) is 0 Å². The quantitative estimate of drug-likeness (QED) is 0.291. The fraction of sp³-hybridized carbons (Fsp3) is 0.714. The molecule has 0 radical (unpaired) electrons. The van der Waals surface area contributed by atoms with E-state index in [2.05, 4.69) is 6.58 Å². The Balaban J connectivity index is 0. The van der Waals surface area contributed by atoms with Gasteiger partial charge in [-0.1, -0.05) is 6.08 Å². The predicted molar refractivity (Wildman–Crippen MR) is 46.2 cm³/mol. The molecule has 2 atom stereocenters. The van der Waals surface area contributed by atoms with Crippen LogP contribution in [-0.2, 0) is 14.9 Å². The number of aliphatic hydroxyl groups is 1. The number of ether oxygens (including phenoxy) is 1. The molecule has 78 valence electrons. The molecule has 0 aliphatic rings. The van der Waals surface area contributed by atoms with Gasteiger partial charge in [0.2, 0.25) is 0 Å². The first-order valence-corrected chi connectivity index (χ1v) is 5.28. The first-order valence-electron chi connectivity index (χ1n) is 3.71. The van der Waals surface area contributed by atoms with Crippen LogP contribution in [0.3, 0.4) is 0 Å². The molecule has 0 spiro atoms. The fourth-order valence-corrected chi connectivity index (χ4v) is 1.18. The largest absolute Gasteiger partial charge is 1.00 e. The van der Waals surface area contributed by atoms with Crippen molar-refractivity contribution in [3.8, 4) is 0 Å². The zero-order valence-electron chi connectivity index (χ0n) is 8.34. The summed E-state index contributed by atoms with van der Waals surface area (Å²) >= 11 is 0. The van der Waals surface area contributed by atoms with Crippen molar-refractivity contribution >= 4 is 10.1 Å². The van der Waals surface area contributed by atoms with Gasteiger partial charge in [0.15, 0.2) is 0 Å². The molecule has 14 heavy (non-hydrogen) atoms. The van der Waals surface area contributed by atoms with Crippen LogP contribution in [0.15, 0.2) is 12.7 Å². The first kappa shape index (κ1) is 17.0. The van der Waals surface area contributed by atoms with Gasteiger partial charge in [0.25, 0.3) is 0 Å². The third kappa shape index (κ3) is 10.6. The Morgan fingerprint density at radius 1 is 1.64 bits per heavy atom. The summed E-state index contributed by atoms with van der Waals surface area (Å²) in [4.78, 5) is 0. The maximum Gasteiger partial charge on any atom is 1.00 e. The van der Waals surface area contributed by atoms with Crippen molar-refractivity contribution in [2.75, 3.05) is 12.4 Å². The van der Waals surface area contributed by atoms with Crippen molar-refractivity contribution in [1.82, 2.24) is 0 Å². The van der Waals surface area contributed by atoms with Crippen LogP contribution in [-0.4, -0.2) is 42.6 Å². The van der Waals surface area contributed by atoms with E-state index < -0.39 is 22.0 Å². The van der Waals surface area contributed by atoms with E-state index in [0.717, 1.165) is 0 Å². The van der Waals surface area contributed by atoms with Crippen LogP contribution in [0.2, 0.25) is 0 Å². The maximum absolute atomic E-state index is 10.2. The van der Waals surface area contributed by atoms with Gasteiger partial charge in [-0.05, 0) is 6.92 Å². The summed E-state index contributed by atoms with van der Waals surface area (Å²) in [6, 6.07) is 0. The third-order valence-electron chi connectivity index (χ3n) is 1.28. The van der Waals surface area contributed by atoms with Crippen molar-refractivity contribution in [3.05, 3.63) is 12.7 Å². The number of hydrogen-bond donors (Lipinski definition) is 1. The molecule has 0 aliphatic carbocycles. The molecule has 5 nitrogen and oxygen atoms in total. The molecule has 0 aromatic rings. The molecule has 0 aliphatic heterocycles. The SMILES string of the molecule is C=CC(C)OCC(O)CS(=O)(=O)[O-].[Na+]. The van der Waals surface area contributed by atoms with E-state index in [0.29, 0.717) is 0 Å². The van der Waals surface area contributed by atoms with E-state index in [-0.39, 0.29) is 42.3 Å². The van der Waals surface area contributed by atoms with Crippen molar-refractivity contribution in [3.63, 3.8) is 0 Å². The van der Waals surface area contributed by atoms with Crippen LogP contribution in [0, 0.1) is 0 Å². The number of aliphatic hydroxyl groups excluding tert-OH is 1. The summed E-state index contributed by atoms with van der Waals surface area (Å²) in [5.41, 5.74) is 0. The van der Waals surface area contributed by atoms with Crippen molar-refractivity contribution in [1.29, 1.82) is 0 Å². The molecule has 7 heteroatoms. The van der Waals surface area contributed by atoms with Gasteiger partial charge in [-0.15, -0.1) is 6.58 Å². The van der Waals surface area contributed by atoms with Crippen LogP contribution in [0.5, 0.6) is 0 Å². The molecular formula is C7H13NaO5S. The van der Waals surface area contributed by atoms with E-state index >= 15 is 0 Å². The van der Waals surface area contributed by atoms with Crippen LogP contribution < -0.4 is 29.6 Å². The van der Waals surface area contributed by atoms with E-state index in [9.17, 15) is 13.0 Å². The van der Waals surface area contributed by atoms with Crippen LogP contribution in [0.1, 0.15) is 6.92 Å². The minimum Gasteiger partial charge on any atom is -0.748 e. The Bertz CT molecular complexity index is 251. The molecule has 0 amide bonds. The van der Waals surface area contributed by atoms with Gasteiger partial charge in [-0.2, -0.15) is 0 Å². The molecule has 0 aromatic carbocycles. The summed E-state index contributed by atoms with van der Waals surface area (Å²) in [6.45, 7) is 4.93. The van der Waals surface area contributed by atoms with Gasteiger partial charge in [0.05, 0.1) is 34.7 Å². The smallest absolute Gasteiger partial charge is 0.748 e. The van der Waals surface area contributed by atoms with E-state index in [4.69, 9.17) is 9.84 Å². The van der Waals surface area contributed by atoms with E-state index in [1.54, 1.807) is 6.92 Å². The standard InChI is InChI=1S/C7H14O5S.Na/c1-3-6(2)12-4-7(8)5-13(9,10)11;/h3,6-8H,1,4-5H2,2H3,(H,9,10,11);/q;+1/p-1. The molecule has 0 aromatic heterocycles. The molecule has 0 saturated carbocycles. The summed E-state index contributed by atoms with van der Waals surface area (Å²) in [7, 11) is -4.38. The van der Waals surface area contributed by atoms with Crippen LogP contribution >= 0.6 is 0 Å². The number of hydrogen-bond acceptors (Lipinski definition) is 5.